The minimum atomic E-state index is -0.244. The van der Waals surface area contributed by atoms with Crippen LogP contribution in [0.1, 0.15) is 52.4 Å². The summed E-state index contributed by atoms with van der Waals surface area (Å²) in [7, 11) is 0. The first kappa shape index (κ1) is 22.2. The van der Waals surface area contributed by atoms with Crippen LogP contribution in [0.2, 0.25) is 0 Å². The normalized spacial score (nSPS) is 15.4. The van der Waals surface area contributed by atoms with Crippen LogP contribution in [0.3, 0.4) is 0 Å². The molecule has 156 valence electrons. The van der Waals surface area contributed by atoms with E-state index >= 15 is 0 Å². The summed E-state index contributed by atoms with van der Waals surface area (Å²) in [5, 5.41) is 2.99. The van der Waals surface area contributed by atoms with Crippen LogP contribution in [-0.4, -0.2) is 49.4 Å². The summed E-state index contributed by atoms with van der Waals surface area (Å²) in [6, 6.07) is 6.44. The van der Waals surface area contributed by atoms with Gasteiger partial charge < -0.3 is 15.1 Å². The van der Waals surface area contributed by atoms with Crippen LogP contribution in [-0.2, 0) is 9.59 Å². The molecule has 0 aliphatic carbocycles. The zero-order chi connectivity index (χ0) is 20.4. The van der Waals surface area contributed by atoms with Crippen LogP contribution in [0.25, 0.3) is 0 Å². The second-order valence-electron chi connectivity index (χ2n) is 7.56. The Balaban J connectivity index is 1.66. The van der Waals surface area contributed by atoms with Crippen molar-refractivity contribution < 1.29 is 14.0 Å². The molecule has 2 amide bonds. The van der Waals surface area contributed by atoms with E-state index in [1.807, 2.05) is 4.90 Å². The molecule has 1 aromatic carbocycles. The van der Waals surface area contributed by atoms with E-state index < -0.39 is 0 Å². The van der Waals surface area contributed by atoms with Crippen molar-refractivity contribution in [2.24, 2.45) is 5.92 Å². The Bertz CT molecular complexity index is 613. The molecule has 0 bridgehead atoms. The van der Waals surface area contributed by atoms with E-state index in [1.165, 1.54) is 25.0 Å². The summed E-state index contributed by atoms with van der Waals surface area (Å²) in [5.41, 5.74) is 0.974. The molecule has 1 aromatic rings. The van der Waals surface area contributed by atoms with Crippen LogP contribution in [0.4, 0.5) is 10.1 Å². The Morgan fingerprint density at radius 3 is 2.36 bits per heavy atom. The highest BCUT2D eigenvalue weighted by atomic mass is 19.1. The number of amides is 2. The number of unbranched alkanes of at least 4 members (excludes halogenated alkanes) is 1. The van der Waals surface area contributed by atoms with Crippen molar-refractivity contribution in [1.82, 2.24) is 10.2 Å². The first-order valence-electron chi connectivity index (χ1n) is 10.6. The third kappa shape index (κ3) is 7.13. The summed E-state index contributed by atoms with van der Waals surface area (Å²) < 4.78 is 13.0. The molecule has 1 saturated heterocycles. The van der Waals surface area contributed by atoms with Crippen LogP contribution < -0.4 is 10.2 Å². The number of halogens is 1. The van der Waals surface area contributed by atoms with Crippen LogP contribution >= 0.6 is 0 Å². The van der Waals surface area contributed by atoms with Gasteiger partial charge in [0.1, 0.15) is 5.82 Å². The summed E-state index contributed by atoms with van der Waals surface area (Å²) in [5.74, 6) is 0.283. The molecule has 0 radical (unpaired) electrons. The molecule has 1 aliphatic heterocycles. The van der Waals surface area contributed by atoms with Crippen molar-refractivity contribution in [2.75, 3.05) is 37.6 Å². The minimum Gasteiger partial charge on any atom is -0.368 e. The molecule has 1 unspecified atom stereocenters. The highest BCUT2D eigenvalue weighted by Gasteiger charge is 2.21. The lowest BCUT2D eigenvalue weighted by Gasteiger charge is -2.36. The lowest BCUT2D eigenvalue weighted by molar-refractivity contribution is -0.133. The number of anilines is 1. The van der Waals surface area contributed by atoms with Crippen LogP contribution in [0, 0.1) is 11.7 Å². The Morgan fingerprint density at radius 1 is 1.07 bits per heavy atom. The first-order valence-corrected chi connectivity index (χ1v) is 10.6. The van der Waals surface area contributed by atoms with Crippen LogP contribution in [0.5, 0.6) is 0 Å². The van der Waals surface area contributed by atoms with E-state index in [0.29, 0.717) is 25.6 Å². The van der Waals surface area contributed by atoms with Gasteiger partial charge in [0.15, 0.2) is 0 Å². The maximum atomic E-state index is 13.0. The molecule has 1 N–H and O–H groups in total. The van der Waals surface area contributed by atoms with Gasteiger partial charge in [0, 0.05) is 51.3 Å². The van der Waals surface area contributed by atoms with Crippen molar-refractivity contribution in [3.8, 4) is 0 Å². The van der Waals surface area contributed by atoms with E-state index in [9.17, 15) is 14.0 Å². The average Bonchev–Trinajstić information content (AvgIpc) is 2.73. The number of piperazine rings is 1. The zero-order valence-corrected chi connectivity index (χ0v) is 17.3. The topological polar surface area (TPSA) is 52.7 Å². The molecular weight excluding hydrogens is 357 g/mol. The molecule has 5 nitrogen and oxygen atoms in total. The molecule has 6 heteroatoms. The molecule has 1 heterocycles. The highest BCUT2D eigenvalue weighted by molar-refractivity contribution is 5.83. The van der Waals surface area contributed by atoms with Gasteiger partial charge in [-0.3, -0.25) is 9.59 Å². The average molecular weight is 392 g/mol. The molecule has 0 saturated carbocycles. The van der Waals surface area contributed by atoms with Crippen molar-refractivity contribution in [3.05, 3.63) is 30.1 Å². The molecule has 28 heavy (non-hydrogen) atoms. The van der Waals surface area contributed by atoms with Crippen molar-refractivity contribution in [3.63, 3.8) is 0 Å². The number of nitrogens with one attached hydrogen (secondary N) is 1. The number of rotatable bonds is 10. The Kier molecular flexibility index (Phi) is 9.24. The Morgan fingerprint density at radius 2 is 1.75 bits per heavy atom. The fourth-order valence-electron chi connectivity index (χ4n) is 3.53. The number of hydrogen-bond donors (Lipinski definition) is 1. The predicted molar refractivity (Wildman–Crippen MR) is 111 cm³/mol. The number of carbonyl (C=O) groups is 2. The van der Waals surface area contributed by atoms with E-state index in [-0.39, 0.29) is 30.5 Å². The SMILES string of the molecule is CCCCC(CC)CNC(=O)CCC(=O)N1CCN(c2ccc(F)cc2)CC1. The molecule has 2 rings (SSSR count). The molecular formula is C22H34FN3O2. The van der Waals surface area contributed by atoms with Gasteiger partial charge >= 0.3 is 0 Å². The molecule has 1 fully saturated rings. The van der Waals surface area contributed by atoms with E-state index in [1.54, 1.807) is 12.1 Å². The first-order chi connectivity index (χ1) is 13.5. The zero-order valence-electron chi connectivity index (χ0n) is 17.3. The Hall–Kier alpha value is -2.11. The van der Waals surface area contributed by atoms with Gasteiger partial charge in [-0.2, -0.15) is 0 Å². The quantitative estimate of drug-likeness (QED) is 0.663. The number of carbonyl (C=O) groups excluding carboxylic acids is 2. The van der Waals surface area contributed by atoms with E-state index in [0.717, 1.165) is 31.6 Å². The number of hydrogen-bond acceptors (Lipinski definition) is 3. The van der Waals surface area contributed by atoms with Gasteiger partial charge in [-0.15, -0.1) is 0 Å². The highest BCUT2D eigenvalue weighted by Crippen LogP contribution is 2.17. The van der Waals surface area contributed by atoms with Crippen molar-refractivity contribution in [2.45, 2.75) is 52.4 Å². The maximum Gasteiger partial charge on any atom is 0.223 e. The van der Waals surface area contributed by atoms with Gasteiger partial charge in [0.2, 0.25) is 11.8 Å². The second-order valence-corrected chi connectivity index (χ2v) is 7.56. The fourth-order valence-corrected chi connectivity index (χ4v) is 3.53. The van der Waals surface area contributed by atoms with Gasteiger partial charge in [0.05, 0.1) is 0 Å². The van der Waals surface area contributed by atoms with E-state index in [4.69, 9.17) is 0 Å². The molecule has 1 atom stereocenters. The van der Waals surface area contributed by atoms with Crippen molar-refractivity contribution >= 4 is 17.5 Å². The third-order valence-electron chi connectivity index (χ3n) is 5.52. The Labute approximate surface area is 168 Å². The maximum absolute atomic E-state index is 13.0. The molecule has 0 spiro atoms. The van der Waals surface area contributed by atoms with Crippen molar-refractivity contribution in [1.29, 1.82) is 0 Å². The number of nitrogens with zero attached hydrogens (tertiary/aromatic N) is 2. The smallest absolute Gasteiger partial charge is 0.223 e. The van der Waals surface area contributed by atoms with Gasteiger partial charge in [-0.1, -0.05) is 33.1 Å². The largest absolute Gasteiger partial charge is 0.368 e. The lowest BCUT2D eigenvalue weighted by atomic mass is 9.99. The third-order valence-corrected chi connectivity index (χ3v) is 5.52. The molecule has 0 aromatic heterocycles. The summed E-state index contributed by atoms with van der Waals surface area (Å²) in [6.45, 7) is 7.75. The van der Waals surface area contributed by atoms with Gasteiger partial charge in [-0.05, 0) is 36.6 Å². The number of benzene rings is 1. The van der Waals surface area contributed by atoms with Crippen LogP contribution in [0.15, 0.2) is 24.3 Å². The lowest BCUT2D eigenvalue weighted by Crippen LogP contribution is -2.49. The standard InChI is InChI=1S/C22H34FN3O2/c1-3-5-6-18(4-2)17-24-21(27)11-12-22(28)26-15-13-25(14-16-26)20-9-7-19(23)8-10-20/h7-10,18H,3-6,11-17H2,1-2H3,(H,24,27). The fraction of sp³-hybridized carbons (Fsp3) is 0.636. The van der Waals surface area contributed by atoms with Gasteiger partial charge in [0.25, 0.3) is 0 Å². The molecule has 1 aliphatic rings. The summed E-state index contributed by atoms with van der Waals surface area (Å²) >= 11 is 0. The van der Waals surface area contributed by atoms with Gasteiger partial charge in [-0.25, -0.2) is 4.39 Å². The predicted octanol–water partition coefficient (Wildman–Crippen LogP) is 3.59. The minimum absolute atomic E-state index is 0.0340. The van der Waals surface area contributed by atoms with E-state index in [2.05, 4.69) is 24.1 Å². The second kappa shape index (κ2) is 11.7. The summed E-state index contributed by atoms with van der Waals surface area (Å²) in [4.78, 5) is 28.4. The monoisotopic (exact) mass is 391 g/mol. The summed E-state index contributed by atoms with van der Waals surface area (Å²) in [6.07, 6.45) is 5.08.